The molecule has 4 aliphatic rings. The van der Waals surface area contributed by atoms with Crippen molar-refractivity contribution >= 4 is 11.9 Å². The molecule has 5 nitrogen and oxygen atoms in total. The Morgan fingerprint density at radius 3 is 1.91 bits per heavy atom. The molecule has 9 atom stereocenters. The second-order valence-electron chi connectivity index (χ2n) is 23.3. The quantitative estimate of drug-likeness (QED) is 0.0360. The van der Waals surface area contributed by atoms with Crippen molar-refractivity contribution in [2.24, 2.45) is 46.3 Å². The van der Waals surface area contributed by atoms with Gasteiger partial charge in [0, 0.05) is 19.3 Å². The van der Waals surface area contributed by atoms with E-state index in [2.05, 4.69) is 66.4 Å². The Morgan fingerprint density at radius 1 is 0.625 bits per heavy atom. The van der Waals surface area contributed by atoms with E-state index in [-0.39, 0.29) is 24.1 Å². The third-order valence-corrected chi connectivity index (χ3v) is 17.9. The van der Waals surface area contributed by atoms with E-state index in [0.29, 0.717) is 23.7 Å². The Labute approximate surface area is 398 Å². The largest absolute Gasteiger partial charge is 0.462 e. The zero-order chi connectivity index (χ0) is 46.2. The third-order valence-electron chi connectivity index (χ3n) is 17.9. The molecule has 0 aromatic heterocycles. The summed E-state index contributed by atoms with van der Waals surface area (Å²) in [7, 11) is 0. The van der Waals surface area contributed by atoms with Crippen molar-refractivity contribution in [1.29, 1.82) is 0 Å². The van der Waals surface area contributed by atoms with Crippen LogP contribution in [0.2, 0.25) is 0 Å². The highest BCUT2D eigenvalue weighted by atomic mass is 16.5. The molecule has 0 N–H and O–H groups in total. The first-order valence-corrected chi connectivity index (χ1v) is 28.8. The molecular formula is C59H107NO4. The van der Waals surface area contributed by atoms with Crippen LogP contribution in [0.3, 0.4) is 0 Å². The molecule has 3 saturated carbocycles. The first kappa shape index (κ1) is 55.2. The van der Waals surface area contributed by atoms with E-state index in [1.807, 2.05) is 0 Å². The molecule has 0 saturated heterocycles. The van der Waals surface area contributed by atoms with Gasteiger partial charge in [0.1, 0.15) is 12.2 Å². The lowest BCUT2D eigenvalue weighted by Gasteiger charge is -2.58. The lowest BCUT2D eigenvalue weighted by molar-refractivity contribution is -0.152. The van der Waals surface area contributed by atoms with E-state index >= 15 is 0 Å². The lowest BCUT2D eigenvalue weighted by atomic mass is 9.47. The molecule has 0 radical (unpaired) electrons. The van der Waals surface area contributed by atoms with Crippen molar-refractivity contribution in [3.05, 3.63) is 11.6 Å². The van der Waals surface area contributed by atoms with Crippen molar-refractivity contribution in [1.82, 2.24) is 4.90 Å². The number of unbranched alkanes of at least 4 members (excludes halogenated alkanes) is 14. The number of fused-ring (bicyclic) bond motifs is 5. The van der Waals surface area contributed by atoms with Crippen molar-refractivity contribution in [3.8, 4) is 0 Å². The number of allylic oxidation sites excluding steroid dienone is 1. The number of ether oxygens (including phenoxy) is 2. The Morgan fingerprint density at radius 2 is 1.22 bits per heavy atom. The molecule has 0 spiro atoms. The summed E-state index contributed by atoms with van der Waals surface area (Å²) in [6.07, 6.45) is 43.2. The van der Waals surface area contributed by atoms with E-state index < -0.39 is 0 Å². The Bertz CT molecular complexity index is 1310. The molecular weight excluding hydrogens is 787 g/mol. The number of hydrogen-bond acceptors (Lipinski definition) is 5. The van der Waals surface area contributed by atoms with Gasteiger partial charge in [-0.25, -0.2) is 0 Å². The summed E-state index contributed by atoms with van der Waals surface area (Å²) in [5, 5.41) is 0. The summed E-state index contributed by atoms with van der Waals surface area (Å²) < 4.78 is 12.3. The van der Waals surface area contributed by atoms with Gasteiger partial charge in [-0.15, -0.1) is 0 Å². The zero-order valence-electron chi connectivity index (χ0n) is 43.9. The molecule has 0 bridgehead atoms. The standard InChI is InChI=1S/C59H107NO4/c1-9-12-15-17-18-23-32-50(31-22-16-13-10-2)63-56(61)33-24-19-20-26-44-60(43-14-11-3)45-27-21-25-34-57(62)64-51-39-41-58(7)49(46-51)35-36-52-54-38-37-53(48(6)30-28-29-47(4)5)59(54,8)42-40-55(52)58/h35,47-48,50-55H,9-34,36-46H2,1-8H3. The van der Waals surface area contributed by atoms with Gasteiger partial charge < -0.3 is 14.4 Å². The molecule has 4 aliphatic carbocycles. The van der Waals surface area contributed by atoms with Crippen LogP contribution >= 0.6 is 0 Å². The van der Waals surface area contributed by atoms with Gasteiger partial charge in [-0.05, 0) is 169 Å². The highest BCUT2D eigenvalue weighted by molar-refractivity contribution is 5.69. The first-order valence-electron chi connectivity index (χ1n) is 28.8. The normalized spacial score (nSPS) is 27.5. The third kappa shape index (κ3) is 17.9. The van der Waals surface area contributed by atoms with Gasteiger partial charge >= 0.3 is 11.9 Å². The lowest BCUT2D eigenvalue weighted by Crippen LogP contribution is -2.51. The summed E-state index contributed by atoms with van der Waals surface area (Å²) in [6, 6.07) is 0. The highest BCUT2D eigenvalue weighted by Gasteiger charge is 2.59. The van der Waals surface area contributed by atoms with E-state index in [4.69, 9.17) is 9.47 Å². The van der Waals surface area contributed by atoms with Crippen molar-refractivity contribution < 1.29 is 19.1 Å². The molecule has 4 rings (SSSR count). The van der Waals surface area contributed by atoms with Gasteiger partial charge in [0.15, 0.2) is 0 Å². The number of rotatable bonds is 35. The minimum absolute atomic E-state index is 0.0302. The molecule has 0 amide bonds. The molecule has 3 fully saturated rings. The van der Waals surface area contributed by atoms with Crippen LogP contribution in [-0.2, 0) is 19.1 Å². The Kier molecular flexibility index (Phi) is 26.1. The summed E-state index contributed by atoms with van der Waals surface area (Å²) in [6.45, 7) is 22.9. The summed E-state index contributed by atoms with van der Waals surface area (Å²) in [4.78, 5) is 28.6. The van der Waals surface area contributed by atoms with Crippen molar-refractivity contribution in [2.75, 3.05) is 19.6 Å². The van der Waals surface area contributed by atoms with Gasteiger partial charge in [-0.2, -0.15) is 0 Å². The molecule has 0 aromatic rings. The van der Waals surface area contributed by atoms with Gasteiger partial charge in [-0.3, -0.25) is 9.59 Å². The van der Waals surface area contributed by atoms with Gasteiger partial charge in [-0.1, -0.05) is 163 Å². The smallest absolute Gasteiger partial charge is 0.306 e. The fraction of sp³-hybridized carbons (Fsp3) is 0.932. The topological polar surface area (TPSA) is 55.8 Å². The predicted molar refractivity (Wildman–Crippen MR) is 272 cm³/mol. The maximum Gasteiger partial charge on any atom is 0.306 e. The van der Waals surface area contributed by atoms with Crippen LogP contribution in [0, 0.1) is 46.3 Å². The van der Waals surface area contributed by atoms with Crippen LogP contribution in [-0.4, -0.2) is 48.7 Å². The monoisotopic (exact) mass is 894 g/mol. The van der Waals surface area contributed by atoms with Crippen molar-refractivity contribution in [2.45, 2.75) is 286 Å². The molecule has 64 heavy (non-hydrogen) atoms. The number of carbonyl (C=O) groups excluding carboxylic acids is 2. The fourth-order valence-electron chi connectivity index (χ4n) is 13.9. The second-order valence-corrected chi connectivity index (χ2v) is 23.3. The average molecular weight is 895 g/mol. The second kappa shape index (κ2) is 30.2. The van der Waals surface area contributed by atoms with Gasteiger partial charge in [0.25, 0.3) is 0 Å². The van der Waals surface area contributed by atoms with Crippen LogP contribution in [0.25, 0.3) is 0 Å². The molecule has 0 aromatic carbocycles. The zero-order valence-corrected chi connectivity index (χ0v) is 43.9. The predicted octanol–water partition coefficient (Wildman–Crippen LogP) is 17.2. The molecule has 5 heteroatoms. The highest BCUT2D eigenvalue weighted by Crippen LogP contribution is 2.67. The van der Waals surface area contributed by atoms with E-state index in [0.717, 1.165) is 106 Å². The summed E-state index contributed by atoms with van der Waals surface area (Å²) in [5.41, 5.74) is 2.46. The minimum atomic E-state index is 0.0302. The number of nitrogens with zero attached hydrogens (tertiary/aromatic N) is 1. The number of hydrogen-bond donors (Lipinski definition) is 0. The number of esters is 2. The summed E-state index contributed by atoms with van der Waals surface area (Å²) in [5.74, 6) is 5.21. The molecule has 0 aliphatic heterocycles. The Balaban J connectivity index is 1.09. The fourth-order valence-corrected chi connectivity index (χ4v) is 13.9. The summed E-state index contributed by atoms with van der Waals surface area (Å²) >= 11 is 0. The molecule has 372 valence electrons. The Hall–Kier alpha value is -1.36. The van der Waals surface area contributed by atoms with Gasteiger partial charge in [0.05, 0.1) is 0 Å². The van der Waals surface area contributed by atoms with Crippen LogP contribution in [0.1, 0.15) is 274 Å². The first-order chi connectivity index (χ1) is 30.9. The maximum atomic E-state index is 13.1. The van der Waals surface area contributed by atoms with Crippen LogP contribution in [0.15, 0.2) is 11.6 Å². The van der Waals surface area contributed by atoms with Crippen LogP contribution < -0.4 is 0 Å². The minimum Gasteiger partial charge on any atom is -0.462 e. The van der Waals surface area contributed by atoms with E-state index in [1.165, 1.54) is 154 Å². The molecule has 0 heterocycles. The van der Waals surface area contributed by atoms with Gasteiger partial charge in [0.2, 0.25) is 0 Å². The van der Waals surface area contributed by atoms with Crippen LogP contribution in [0.4, 0.5) is 0 Å². The van der Waals surface area contributed by atoms with Crippen molar-refractivity contribution in [3.63, 3.8) is 0 Å². The maximum absolute atomic E-state index is 13.1. The average Bonchev–Trinajstić information content (AvgIpc) is 3.63. The van der Waals surface area contributed by atoms with E-state index in [9.17, 15) is 9.59 Å². The molecule has 9 unspecified atom stereocenters. The number of carbonyl (C=O) groups is 2. The SMILES string of the molecule is CCCCCCCCC(CCCCCC)OC(=O)CCCCCCN(CCCC)CCCCCC(=O)OC1CCC2(C)C(=CCC3C2CCC2(C)C(C(C)CCCC(C)C)CCC32)C1. The van der Waals surface area contributed by atoms with Crippen LogP contribution in [0.5, 0.6) is 0 Å². The van der Waals surface area contributed by atoms with E-state index in [1.54, 1.807) is 5.57 Å².